The van der Waals surface area contributed by atoms with Crippen molar-refractivity contribution in [3.8, 4) is 0 Å². The summed E-state index contributed by atoms with van der Waals surface area (Å²) in [6.07, 6.45) is 2.74. The monoisotopic (exact) mass is 413 g/mol. The number of hydrogen-bond donors (Lipinski definition) is 1. The highest BCUT2D eigenvalue weighted by atomic mass is 35.5. The zero-order chi connectivity index (χ0) is 20.8. The number of nitrogens with one attached hydrogen (secondary N) is 1. The maximum Gasteiger partial charge on any atom is 0.278 e. The molecule has 2 amide bonds. The summed E-state index contributed by atoms with van der Waals surface area (Å²) >= 11 is 6.48. The number of halogens is 1. The van der Waals surface area contributed by atoms with Gasteiger partial charge in [0.25, 0.3) is 17.5 Å². The number of hydrogen-bond acceptors (Lipinski definition) is 4. The molecule has 1 saturated heterocycles. The van der Waals surface area contributed by atoms with Gasteiger partial charge in [-0.3, -0.25) is 19.7 Å². The molecule has 1 fully saturated rings. The summed E-state index contributed by atoms with van der Waals surface area (Å²) in [5.74, 6) is -0.958. The van der Waals surface area contributed by atoms with Gasteiger partial charge in [0.15, 0.2) is 0 Å². The van der Waals surface area contributed by atoms with E-state index in [1.807, 2.05) is 0 Å². The van der Waals surface area contributed by atoms with E-state index in [-0.39, 0.29) is 22.0 Å². The van der Waals surface area contributed by atoms with Crippen LogP contribution in [-0.2, 0) is 4.79 Å². The summed E-state index contributed by atoms with van der Waals surface area (Å²) < 4.78 is 0. The maximum absolute atomic E-state index is 13.2. The lowest BCUT2D eigenvalue weighted by atomic mass is 10.1. The quantitative estimate of drug-likeness (QED) is 0.456. The van der Waals surface area contributed by atoms with Crippen molar-refractivity contribution < 1.29 is 14.5 Å². The second-order valence-corrected chi connectivity index (χ2v) is 7.01. The topological polar surface area (TPSA) is 92.6 Å². The lowest BCUT2D eigenvalue weighted by Gasteiger charge is -2.28. The third-order valence-electron chi connectivity index (χ3n) is 4.69. The Morgan fingerprint density at radius 2 is 1.59 bits per heavy atom. The number of carbonyl (C=O) groups excluding carboxylic acids is 2. The zero-order valence-corrected chi connectivity index (χ0v) is 16.4. The molecule has 8 heteroatoms. The molecule has 1 N–H and O–H groups in total. The summed E-state index contributed by atoms with van der Waals surface area (Å²) in [5, 5.41) is 13.8. The van der Waals surface area contributed by atoms with Crippen LogP contribution in [-0.4, -0.2) is 34.7 Å². The average molecular weight is 414 g/mol. The largest absolute Gasteiger partial charge is 0.337 e. The second kappa shape index (κ2) is 9.34. The van der Waals surface area contributed by atoms with Crippen molar-refractivity contribution in [2.45, 2.75) is 19.3 Å². The van der Waals surface area contributed by atoms with Crippen molar-refractivity contribution in [2.24, 2.45) is 0 Å². The normalized spacial score (nSPS) is 14.7. The van der Waals surface area contributed by atoms with E-state index in [0.29, 0.717) is 18.7 Å². The van der Waals surface area contributed by atoms with E-state index in [1.54, 1.807) is 41.3 Å². The Bertz CT molecular complexity index is 953. The van der Waals surface area contributed by atoms with E-state index in [0.717, 1.165) is 19.3 Å². The van der Waals surface area contributed by atoms with Gasteiger partial charge in [0.1, 0.15) is 5.70 Å². The lowest BCUT2D eigenvalue weighted by molar-refractivity contribution is -0.385. The molecule has 0 saturated carbocycles. The Morgan fingerprint density at radius 3 is 2.24 bits per heavy atom. The average Bonchev–Trinajstić information content (AvgIpc) is 2.77. The maximum atomic E-state index is 13.2. The summed E-state index contributed by atoms with van der Waals surface area (Å²) in [6, 6.07) is 14.3. The molecule has 0 atom stereocenters. The number of carbonyl (C=O) groups is 2. The predicted octanol–water partition coefficient (Wildman–Crippen LogP) is 3.94. The van der Waals surface area contributed by atoms with Crippen LogP contribution in [0.5, 0.6) is 0 Å². The molecule has 0 unspecified atom stereocenters. The SMILES string of the molecule is O=C(N/C(C(=O)N1CCCCC1)=C(\Cl)c1ccccc1[N+](=O)[O-])c1ccccc1. The molecule has 1 heterocycles. The first-order valence-electron chi connectivity index (χ1n) is 9.28. The smallest absolute Gasteiger partial charge is 0.278 e. The Kier molecular flexibility index (Phi) is 6.61. The van der Waals surface area contributed by atoms with Crippen LogP contribution in [0.2, 0.25) is 0 Å². The molecular formula is C21H20ClN3O4. The van der Waals surface area contributed by atoms with Gasteiger partial charge >= 0.3 is 0 Å². The van der Waals surface area contributed by atoms with E-state index in [2.05, 4.69) is 5.32 Å². The first kappa shape index (κ1) is 20.5. The summed E-state index contributed by atoms with van der Waals surface area (Å²) in [6.45, 7) is 1.09. The van der Waals surface area contributed by atoms with E-state index >= 15 is 0 Å². The van der Waals surface area contributed by atoms with Crippen LogP contribution in [0.25, 0.3) is 5.03 Å². The highest BCUT2D eigenvalue weighted by molar-refractivity contribution is 6.51. The first-order chi connectivity index (χ1) is 14.0. The van der Waals surface area contributed by atoms with E-state index in [9.17, 15) is 19.7 Å². The van der Waals surface area contributed by atoms with Crippen LogP contribution in [0.4, 0.5) is 5.69 Å². The Morgan fingerprint density at radius 1 is 0.966 bits per heavy atom. The highest BCUT2D eigenvalue weighted by Gasteiger charge is 2.28. The number of rotatable bonds is 5. The van der Waals surface area contributed by atoms with Crippen LogP contribution in [0.3, 0.4) is 0 Å². The van der Waals surface area contributed by atoms with Gasteiger partial charge in [-0.15, -0.1) is 0 Å². The Labute approximate surface area is 173 Å². The lowest BCUT2D eigenvalue weighted by Crippen LogP contribution is -2.41. The number of nitrogens with zero attached hydrogens (tertiary/aromatic N) is 2. The molecule has 2 aromatic rings. The minimum absolute atomic E-state index is 0.0767. The summed E-state index contributed by atoms with van der Waals surface area (Å²) in [5.41, 5.74) is 0.0310. The number of nitro groups is 1. The molecule has 0 aliphatic carbocycles. The van der Waals surface area contributed by atoms with Gasteiger partial charge in [-0.05, 0) is 37.5 Å². The third kappa shape index (κ3) is 4.81. The van der Waals surface area contributed by atoms with Crippen molar-refractivity contribution in [2.75, 3.05) is 13.1 Å². The number of benzene rings is 2. The molecule has 0 radical (unpaired) electrons. The fourth-order valence-electron chi connectivity index (χ4n) is 3.19. The van der Waals surface area contributed by atoms with Gasteiger partial charge in [-0.25, -0.2) is 0 Å². The van der Waals surface area contributed by atoms with E-state index < -0.39 is 16.7 Å². The highest BCUT2D eigenvalue weighted by Crippen LogP contribution is 2.31. The second-order valence-electron chi connectivity index (χ2n) is 6.64. The first-order valence-corrected chi connectivity index (χ1v) is 9.66. The van der Waals surface area contributed by atoms with Gasteiger partial charge < -0.3 is 10.2 Å². The van der Waals surface area contributed by atoms with Crippen LogP contribution >= 0.6 is 11.6 Å². The summed E-state index contributed by atoms with van der Waals surface area (Å²) in [4.78, 5) is 38.3. The molecule has 0 bridgehead atoms. The van der Waals surface area contributed by atoms with Crippen molar-refractivity contribution in [1.82, 2.24) is 10.2 Å². The standard InChI is InChI=1S/C21H20ClN3O4/c22-18(16-11-5-6-12-17(16)25(28)29)19(21(27)24-13-7-2-8-14-24)23-20(26)15-9-3-1-4-10-15/h1,3-6,9-12H,2,7-8,13-14H2,(H,23,26)/b19-18-. The van der Waals surface area contributed by atoms with Gasteiger partial charge in [-0.1, -0.05) is 41.9 Å². The van der Waals surface area contributed by atoms with Crippen molar-refractivity contribution in [1.29, 1.82) is 0 Å². The van der Waals surface area contributed by atoms with Crippen molar-refractivity contribution in [3.63, 3.8) is 0 Å². The molecule has 1 aliphatic heterocycles. The van der Waals surface area contributed by atoms with Gasteiger partial charge in [0, 0.05) is 24.7 Å². The van der Waals surface area contributed by atoms with Gasteiger partial charge in [0.2, 0.25) is 0 Å². The van der Waals surface area contributed by atoms with Gasteiger partial charge in [-0.2, -0.15) is 0 Å². The number of piperidine rings is 1. The van der Waals surface area contributed by atoms with Crippen LogP contribution < -0.4 is 5.32 Å². The Hall–Kier alpha value is -3.19. The molecule has 0 spiro atoms. The fraction of sp³-hybridized carbons (Fsp3) is 0.238. The van der Waals surface area contributed by atoms with Crippen molar-refractivity contribution >= 4 is 34.1 Å². The van der Waals surface area contributed by atoms with Crippen LogP contribution in [0.1, 0.15) is 35.2 Å². The molecule has 29 heavy (non-hydrogen) atoms. The Balaban J connectivity index is 2.04. The minimum atomic E-state index is -0.570. The molecule has 3 rings (SSSR count). The van der Waals surface area contributed by atoms with E-state index in [4.69, 9.17) is 11.6 Å². The van der Waals surface area contributed by atoms with Crippen molar-refractivity contribution in [3.05, 3.63) is 81.5 Å². The molecule has 150 valence electrons. The number of para-hydroxylation sites is 1. The molecule has 1 aliphatic rings. The van der Waals surface area contributed by atoms with Gasteiger partial charge in [0.05, 0.1) is 15.5 Å². The molecule has 2 aromatic carbocycles. The number of likely N-dealkylation sites (tertiary alicyclic amines) is 1. The number of nitro benzene ring substituents is 1. The summed E-state index contributed by atoms with van der Waals surface area (Å²) in [7, 11) is 0. The van der Waals surface area contributed by atoms with Crippen LogP contribution in [0, 0.1) is 10.1 Å². The number of amides is 2. The third-order valence-corrected chi connectivity index (χ3v) is 5.08. The molecular weight excluding hydrogens is 394 g/mol. The zero-order valence-electron chi connectivity index (χ0n) is 15.6. The fourth-order valence-corrected chi connectivity index (χ4v) is 3.47. The molecule has 7 nitrogen and oxygen atoms in total. The van der Waals surface area contributed by atoms with E-state index in [1.165, 1.54) is 18.2 Å². The van der Waals surface area contributed by atoms with Crippen LogP contribution in [0.15, 0.2) is 60.3 Å². The predicted molar refractivity (Wildman–Crippen MR) is 110 cm³/mol. The minimum Gasteiger partial charge on any atom is -0.337 e. The molecule has 0 aromatic heterocycles.